The van der Waals surface area contributed by atoms with E-state index in [1.54, 1.807) is 24.3 Å². The van der Waals surface area contributed by atoms with Crippen LogP contribution in [0.5, 0.6) is 0 Å². The molecule has 1 aromatic heterocycles. The normalized spacial score (nSPS) is 12.3. The minimum atomic E-state index is -4.04. The monoisotopic (exact) mass is 581 g/mol. The van der Waals surface area contributed by atoms with E-state index in [9.17, 15) is 9.36 Å². The third-order valence-electron chi connectivity index (χ3n) is 5.84. The second-order valence-electron chi connectivity index (χ2n) is 8.96. The molecule has 0 aliphatic rings. The van der Waals surface area contributed by atoms with Gasteiger partial charge in [0.1, 0.15) is 6.33 Å². The Morgan fingerprint density at radius 2 is 1.75 bits per heavy atom. The Morgan fingerprint density at radius 3 is 2.42 bits per heavy atom. The van der Waals surface area contributed by atoms with Crippen molar-refractivity contribution in [3.8, 4) is 5.69 Å². The summed E-state index contributed by atoms with van der Waals surface area (Å²) in [5.74, 6) is -0.269. The Balaban J connectivity index is 1.40. The summed E-state index contributed by atoms with van der Waals surface area (Å²) in [7, 11) is -4.04. The number of halogens is 1. The number of hydrogen-bond donors (Lipinski definition) is 5. The number of carbonyl (C=O) groups excluding carboxylic acids is 1. The van der Waals surface area contributed by atoms with Crippen molar-refractivity contribution in [2.24, 2.45) is 0 Å². The Kier molecular flexibility index (Phi) is 10.0. The van der Waals surface area contributed by atoms with E-state index < -0.39 is 7.60 Å². The number of carbonyl (C=O) groups is 1. The zero-order valence-corrected chi connectivity index (χ0v) is 23.0. The predicted octanol–water partition coefficient (Wildman–Crippen LogP) is 3.76. The van der Waals surface area contributed by atoms with Crippen LogP contribution < -0.4 is 16.0 Å². The number of benzene rings is 3. The number of aromatic nitrogens is 4. The van der Waals surface area contributed by atoms with Gasteiger partial charge >= 0.3 is 7.60 Å². The molecule has 1 amide bonds. The Labute approximate surface area is 236 Å². The van der Waals surface area contributed by atoms with E-state index in [-0.39, 0.29) is 24.7 Å². The Bertz CT molecular complexity index is 1460. The molecule has 5 N–H and O–H groups in total. The predicted molar refractivity (Wildman–Crippen MR) is 156 cm³/mol. The van der Waals surface area contributed by atoms with E-state index >= 15 is 0 Å². The lowest BCUT2D eigenvalue weighted by atomic mass is 10.1. The first kappa shape index (κ1) is 29.0. The van der Waals surface area contributed by atoms with Crippen molar-refractivity contribution in [2.75, 3.05) is 29.9 Å². The molecular weight excluding hydrogens is 553 g/mol. The molecule has 0 spiro atoms. The number of nitrogens with zero attached hydrogens (tertiary/aromatic N) is 4. The molecule has 3 aromatic carbocycles. The van der Waals surface area contributed by atoms with E-state index in [2.05, 4.69) is 31.5 Å². The molecule has 208 valence electrons. The van der Waals surface area contributed by atoms with Crippen LogP contribution in [-0.4, -0.2) is 61.2 Å². The molecule has 0 aliphatic heterocycles. The van der Waals surface area contributed by atoms with Crippen molar-refractivity contribution in [3.63, 3.8) is 0 Å². The van der Waals surface area contributed by atoms with Crippen molar-refractivity contribution >= 4 is 42.6 Å². The van der Waals surface area contributed by atoms with Gasteiger partial charge in [0.25, 0.3) is 0 Å². The summed E-state index contributed by atoms with van der Waals surface area (Å²) in [4.78, 5) is 31.0. The second-order valence-corrected chi connectivity index (χ2v) is 11.2. The molecule has 40 heavy (non-hydrogen) atoms. The van der Waals surface area contributed by atoms with Gasteiger partial charge in [0.15, 0.2) is 0 Å². The molecule has 1 heterocycles. The van der Waals surface area contributed by atoms with Crippen LogP contribution in [0.1, 0.15) is 11.1 Å². The smallest absolute Gasteiger partial charge is 0.327 e. The molecule has 13 heteroatoms. The summed E-state index contributed by atoms with van der Waals surface area (Å²) < 4.78 is 12.5. The number of anilines is 2. The lowest BCUT2D eigenvalue weighted by Crippen LogP contribution is -2.40. The van der Waals surface area contributed by atoms with Crippen molar-refractivity contribution in [2.45, 2.75) is 12.5 Å². The van der Waals surface area contributed by atoms with Gasteiger partial charge in [0, 0.05) is 41.1 Å². The average molecular weight is 582 g/mol. The lowest BCUT2D eigenvalue weighted by molar-refractivity contribution is -0.117. The van der Waals surface area contributed by atoms with Crippen LogP contribution in [0.4, 0.5) is 11.4 Å². The summed E-state index contributed by atoms with van der Waals surface area (Å²) in [6, 6.07) is 22.3. The first-order valence-corrected chi connectivity index (χ1v) is 14.6. The molecule has 11 nitrogen and oxygen atoms in total. The quantitative estimate of drug-likeness (QED) is 0.117. The highest BCUT2D eigenvalue weighted by Gasteiger charge is 2.14. The molecule has 0 bridgehead atoms. The van der Waals surface area contributed by atoms with Crippen molar-refractivity contribution in [1.29, 1.82) is 0 Å². The van der Waals surface area contributed by atoms with Gasteiger partial charge in [-0.05, 0) is 71.0 Å². The molecule has 0 fully saturated rings. The van der Waals surface area contributed by atoms with Crippen molar-refractivity contribution < 1.29 is 19.1 Å². The van der Waals surface area contributed by atoms with E-state index in [0.717, 1.165) is 16.9 Å². The second kappa shape index (κ2) is 13.9. The Hall–Kier alpha value is -4.02. The maximum absolute atomic E-state index is 13.0. The van der Waals surface area contributed by atoms with Crippen molar-refractivity contribution in [1.82, 2.24) is 25.5 Å². The fourth-order valence-electron chi connectivity index (χ4n) is 3.92. The number of tetrazole rings is 1. The van der Waals surface area contributed by atoms with E-state index in [1.807, 2.05) is 54.6 Å². The molecule has 0 radical (unpaired) electrons. The SMILES string of the molecule is O=C(/C=C/c1cc(Cl)ccc1-n1cnnn1)NC(CNc1ccc(NCCP(=O)(O)O)cc1)Cc1ccccc1. The van der Waals surface area contributed by atoms with Crippen LogP contribution in [0.15, 0.2) is 85.2 Å². The van der Waals surface area contributed by atoms with Crippen LogP contribution in [0.25, 0.3) is 11.8 Å². The van der Waals surface area contributed by atoms with Gasteiger partial charge < -0.3 is 25.7 Å². The largest absolute Gasteiger partial charge is 0.384 e. The van der Waals surface area contributed by atoms with Gasteiger partial charge in [-0.3, -0.25) is 9.36 Å². The lowest BCUT2D eigenvalue weighted by Gasteiger charge is -2.20. The van der Waals surface area contributed by atoms with Gasteiger partial charge in [-0.25, -0.2) is 0 Å². The summed E-state index contributed by atoms with van der Waals surface area (Å²) in [6.07, 6.45) is 4.97. The first-order valence-electron chi connectivity index (χ1n) is 12.4. The topological polar surface area (TPSA) is 154 Å². The first-order chi connectivity index (χ1) is 19.2. The maximum Gasteiger partial charge on any atom is 0.327 e. The fraction of sp³-hybridized carbons (Fsp3) is 0.185. The fourth-order valence-corrected chi connectivity index (χ4v) is 4.50. The minimum absolute atomic E-state index is 0.169. The van der Waals surface area contributed by atoms with Gasteiger partial charge in [0.05, 0.1) is 17.9 Å². The highest BCUT2D eigenvalue weighted by Crippen LogP contribution is 2.33. The third kappa shape index (κ3) is 9.32. The summed E-state index contributed by atoms with van der Waals surface area (Å²) in [6.45, 7) is 0.634. The molecule has 0 aliphatic carbocycles. The molecule has 0 saturated carbocycles. The third-order valence-corrected chi connectivity index (χ3v) is 6.88. The van der Waals surface area contributed by atoms with Crippen molar-refractivity contribution in [3.05, 3.63) is 101 Å². The summed E-state index contributed by atoms with van der Waals surface area (Å²) in [5, 5.41) is 21.2. The minimum Gasteiger partial charge on any atom is -0.384 e. The van der Waals surface area contributed by atoms with Gasteiger partial charge in [-0.15, -0.1) is 5.10 Å². The summed E-state index contributed by atoms with van der Waals surface area (Å²) >= 11 is 6.18. The van der Waals surface area contributed by atoms with Crippen LogP contribution >= 0.6 is 19.2 Å². The summed E-state index contributed by atoms with van der Waals surface area (Å²) in [5.41, 5.74) is 4.04. The molecule has 4 rings (SSSR count). The highest BCUT2D eigenvalue weighted by atomic mass is 35.5. The van der Waals surface area contributed by atoms with Crippen LogP contribution in [0.2, 0.25) is 5.02 Å². The van der Waals surface area contributed by atoms with E-state index in [4.69, 9.17) is 21.4 Å². The number of amides is 1. The molecular formula is C27H29ClN7O4P. The van der Waals surface area contributed by atoms with Crippen LogP contribution in [-0.2, 0) is 15.8 Å². The highest BCUT2D eigenvalue weighted by molar-refractivity contribution is 7.51. The molecule has 1 unspecified atom stereocenters. The van der Waals surface area contributed by atoms with Gasteiger partial charge in [-0.1, -0.05) is 41.9 Å². The van der Waals surface area contributed by atoms with Gasteiger partial charge in [-0.2, -0.15) is 4.68 Å². The van der Waals surface area contributed by atoms with E-state index in [0.29, 0.717) is 29.2 Å². The standard InChI is InChI=1S/C27H29ClN7O4P/c28-22-7-12-26(35-19-31-33-34-35)21(17-22)6-13-27(36)32-25(16-20-4-2-1-3-5-20)18-30-24-10-8-23(9-11-24)29-14-15-40(37,38)39/h1-13,17,19,25,29-30H,14-16,18H2,(H,32,36)(H2,37,38,39)/b13-6+. The number of hydrogen-bond acceptors (Lipinski definition) is 7. The zero-order valence-electron chi connectivity index (χ0n) is 21.4. The Morgan fingerprint density at radius 1 is 1.02 bits per heavy atom. The number of nitrogens with one attached hydrogen (secondary N) is 3. The maximum atomic E-state index is 13.0. The average Bonchev–Trinajstić information content (AvgIpc) is 3.46. The zero-order chi connectivity index (χ0) is 28.4. The van der Waals surface area contributed by atoms with Gasteiger partial charge in [0.2, 0.25) is 5.91 Å². The number of rotatable bonds is 13. The van der Waals surface area contributed by atoms with Crippen LogP contribution in [0.3, 0.4) is 0 Å². The van der Waals surface area contributed by atoms with Crippen LogP contribution in [0, 0.1) is 0 Å². The molecule has 4 aromatic rings. The molecule has 0 saturated heterocycles. The molecule has 1 atom stereocenters. The van der Waals surface area contributed by atoms with E-state index in [1.165, 1.54) is 17.1 Å².